The Morgan fingerprint density at radius 3 is 2.89 bits per heavy atom. The van der Waals surface area contributed by atoms with Crippen LogP contribution in [-0.4, -0.2) is 47.5 Å². The van der Waals surface area contributed by atoms with Crippen molar-refractivity contribution in [2.24, 2.45) is 0 Å². The minimum Gasteiger partial charge on any atom is -0.491 e. The van der Waals surface area contributed by atoms with Gasteiger partial charge in [-0.15, -0.1) is 0 Å². The van der Waals surface area contributed by atoms with Crippen LogP contribution in [0.2, 0.25) is 0 Å². The van der Waals surface area contributed by atoms with Gasteiger partial charge < -0.3 is 19.2 Å². The van der Waals surface area contributed by atoms with Gasteiger partial charge in [-0.25, -0.2) is 14.8 Å². The summed E-state index contributed by atoms with van der Waals surface area (Å²) in [5.41, 5.74) is 2.66. The monoisotopic (exact) mass is 370 g/mol. The number of methoxy groups -OCH3 is 1. The standard InChI is InChI=1S/C19H22N4O4/c1-12(2)27-19(24)21-14-10-16-18(20-11-14)23-17(22-16)13-5-4-6-15(9-13)26-8-7-25-3/h4-6,9-12H,7-8H2,1-3H3,(H,21,24)(H,20,22,23). The number of benzene rings is 1. The van der Waals surface area contributed by atoms with E-state index in [2.05, 4.69) is 20.3 Å². The number of H-pyrrole nitrogens is 1. The lowest BCUT2D eigenvalue weighted by Crippen LogP contribution is -2.18. The van der Waals surface area contributed by atoms with Crippen LogP contribution in [0.1, 0.15) is 13.8 Å². The first-order valence-corrected chi connectivity index (χ1v) is 8.60. The largest absolute Gasteiger partial charge is 0.491 e. The van der Waals surface area contributed by atoms with Crippen LogP contribution in [0.3, 0.4) is 0 Å². The second kappa shape index (κ2) is 8.50. The molecule has 0 bridgehead atoms. The quantitative estimate of drug-likeness (QED) is 0.617. The summed E-state index contributed by atoms with van der Waals surface area (Å²) >= 11 is 0. The number of fused-ring (bicyclic) bond motifs is 1. The summed E-state index contributed by atoms with van der Waals surface area (Å²) in [4.78, 5) is 23.7. The second-order valence-electron chi connectivity index (χ2n) is 6.13. The maximum Gasteiger partial charge on any atom is 0.411 e. The van der Waals surface area contributed by atoms with Gasteiger partial charge in [0, 0.05) is 12.7 Å². The summed E-state index contributed by atoms with van der Waals surface area (Å²) in [6, 6.07) is 9.36. The van der Waals surface area contributed by atoms with Crippen molar-refractivity contribution in [2.45, 2.75) is 20.0 Å². The third kappa shape index (κ3) is 4.95. The summed E-state index contributed by atoms with van der Waals surface area (Å²) in [6.07, 6.45) is 0.823. The van der Waals surface area contributed by atoms with Crippen molar-refractivity contribution in [3.8, 4) is 17.1 Å². The number of carbonyl (C=O) groups excluding carboxylic acids is 1. The zero-order valence-corrected chi connectivity index (χ0v) is 15.5. The number of aromatic amines is 1. The number of imidazole rings is 1. The molecule has 0 spiro atoms. The summed E-state index contributed by atoms with van der Waals surface area (Å²) in [5, 5.41) is 2.65. The molecule has 3 rings (SSSR count). The first kappa shape index (κ1) is 18.7. The zero-order chi connectivity index (χ0) is 19.2. The molecule has 2 aromatic heterocycles. The molecule has 0 atom stereocenters. The lowest BCUT2D eigenvalue weighted by Gasteiger charge is -2.08. The van der Waals surface area contributed by atoms with Gasteiger partial charge in [0.05, 0.1) is 30.1 Å². The molecule has 8 nitrogen and oxygen atoms in total. The molecule has 2 heterocycles. The maximum absolute atomic E-state index is 11.7. The Morgan fingerprint density at radius 2 is 2.11 bits per heavy atom. The van der Waals surface area contributed by atoms with E-state index in [9.17, 15) is 4.79 Å². The Bertz CT molecular complexity index is 923. The van der Waals surface area contributed by atoms with Crippen molar-refractivity contribution in [1.82, 2.24) is 15.0 Å². The van der Waals surface area contributed by atoms with Gasteiger partial charge in [-0.05, 0) is 32.0 Å². The molecular formula is C19H22N4O4. The third-order valence-corrected chi connectivity index (χ3v) is 3.59. The first-order valence-electron chi connectivity index (χ1n) is 8.60. The van der Waals surface area contributed by atoms with Gasteiger partial charge in [-0.3, -0.25) is 5.32 Å². The van der Waals surface area contributed by atoms with Crippen LogP contribution in [0.4, 0.5) is 10.5 Å². The molecule has 2 N–H and O–H groups in total. The highest BCUT2D eigenvalue weighted by Crippen LogP contribution is 2.24. The number of nitrogens with zero attached hydrogens (tertiary/aromatic N) is 2. The fourth-order valence-electron chi connectivity index (χ4n) is 2.44. The normalized spacial score (nSPS) is 11.0. The molecular weight excluding hydrogens is 348 g/mol. The zero-order valence-electron chi connectivity index (χ0n) is 15.5. The number of nitrogens with one attached hydrogen (secondary N) is 2. The van der Waals surface area contributed by atoms with E-state index in [0.717, 1.165) is 11.3 Å². The molecule has 0 fully saturated rings. The third-order valence-electron chi connectivity index (χ3n) is 3.59. The van der Waals surface area contributed by atoms with Crippen LogP contribution in [0.5, 0.6) is 5.75 Å². The molecule has 142 valence electrons. The van der Waals surface area contributed by atoms with E-state index in [0.29, 0.717) is 35.9 Å². The van der Waals surface area contributed by atoms with E-state index in [1.54, 1.807) is 33.2 Å². The summed E-state index contributed by atoms with van der Waals surface area (Å²) in [6.45, 7) is 4.57. The minimum absolute atomic E-state index is 0.196. The Morgan fingerprint density at radius 1 is 1.26 bits per heavy atom. The molecule has 0 aliphatic heterocycles. The van der Waals surface area contributed by atoms with Crippen molar-refractivity contribution in [2.75, 3.05) is 25.6 Å². The van der Waals surface area contributed by atoms with Gasteiger partial charge >= 0.3 is 6.09 Å². The van der Waals surface area contributed by atoms with E-state index in [1.165, 1.54) is 0 Å². The molecule has 0 unspecified atom stereocenters. The maximum atomic E-state index is 11.7. The van der Waals surface area contributed by atoms with E-state index >= 15 is 0 Å². The number of carbonyl (C=O) groups is 1. The fourth-order valence-corrected chi connectivity index (χ4v) is 2.44. The number of rotatable bonds is 7. The molecule has 0 aliphatic rings. The average molecular weight is 370 g/mol. The Hall–Kier alpha value is -3.13. The summed E-state index contributed by atoms with van der Waals surface area (Å²) < 4.78 is 15.7. The number of hydrogen-bond donors (Lipinski definition) is 2. The number of aromatic nitrogens is 3. The van der Waals surface area contributed by atoms with E-state index < -0.39 is 6.09 Å². The molecule has 0 radical (unpaired) electrons. The van der Waals surface area contributed by atoms with Gasteiger partial charge in [0.15, 0.2) is 5.65 Å². The van der Waals surface area contributed by atoms with E-state index in [-0.39, 0.29) is 6.10 Å². The highest BCUT2D eigenvalue weighted by molar-refractivity contribution is 5.88. The van der Waals surface area contributed by atoms with E-state index in [1.807, 2.05) is 24.3 Å². The van der Waals surface area contributed by atoms with Crippen molar-refractivity contribution < 1.29 is 19.0 Å². The molecule has 0 saturated heterocycles. The summed E-state index contributed by atoms with van der Waals surface area (Å²) in [5.74, 6) is 1.40. The molecule has 0 aliphatic carbocycles. The molecule has 27 heavy (non-hydrogen) atoms. The Kier molecular flexibility index (Phi) is 5.87. The molecule has 1 amide bonds. The molecule has 8 heteroatoms. The number of hydrogen-bond acceptors (Lipinski definition) is 6. The topological polar surface area (TPSA) is 98.4 Å². The van der Waals surface area contributed by atoms with Crippen LogP contribution < -0.4 is 10.1 Å². The van der Waals surface area contributed by atoms with Gasteiger partial charge in [0.2, 0.25) is 0 Å². The lowest BCUT2D eigenvalue weighted by molar-refractivity contribution is 0.130. The predicted molar refractivity (Wildman–Crippen MR) is 102 cm³/mol. The van der Waals surface area contributed by atoms with Crippen LogP contribution in [-0.2, 0) is 9.47 Å². The predicted octanol–water partition coefficient (Wildman–Crippen LogP) is 3.61. The number of anilines is 1. The van der Waals surface area contributed by atoms with Gasteiger partial charge in [-0.2, -0.15) is 0 Å². The number of pyridine rings is 1. The molecule has 1 aromatic carbocycles. The van der Waals surface area contributed by atoms with E-state index in [4.69, 9.17) is 14.2 Å². The van der Waals surface area contributed by atoms with Crippen LogP contribution in [0.25, 0.3) is 22.6 Å². The number of amides is 1. The highest BCUT2D eigenvalue weighted by Gasteiger charge is 2.10. The van der Waals surface area contributed by atoms with Crippen LogP contribution >= 0.6 is 0 Å². The van der Waals surface area contributed by atoms with Crippen LogP contribution in [0, 0.1) is 0 Å². The average Bonchev–Trinajstić information content (AvgIpc) is 3.05. The lowest BCUT2D eigenvalue weighted by atomic mass is 10.2. The summed E-state index contributed by atoms with van der Waals surface area (Å²) in [7, 11) is 1.63. The Labute approximate surface area is 156 Å². The molecule has 0 saturated carbocycles. The number of ether oxygens (including phenoxy) is 3. The molecule has 3 aromatic rings. The first-order chi connectivity index (χ1) is 13.0. The van der Waals surface area contributed by atoms with Crippen molar-refractivity contribution in [3.63, 3.8) is 0 Å². The van der Waals surface area contributed by atoms with Crippen LogP contribution in [0.15, 0.2) is 36.5 Å². The second-order valence-corrected chi connectivity index (χ2v) is 6.13. The fraction of sp³-hybridized carbons (Fsp3) is 0.316. The Balaban J connectivity index is 1.78. The van der Waals surface area contributed by atoms with Gasteiger partial charge in [0.25, 0.3) is 0 Å². The minimum atomic E-state index is -0.521. The van der Waals surface area contributed by atoms with Crippen molar-refractivity contribution >= 4 is 22.9 Å². The van der Waals surface area contributed by atoms with Crippen molar-refractivity contribution in [1.29, 1.82) is 0 Å². The van der Waals surface area contributed by atoms with Gasteiger partial charge in [0.1, 0.15) is 18.2 Å². The van der Waals surface area contributed by atoms with Crippen molar-refractivity contribution in [3.05, 3.63) is 36.5 Å². The smallest absolute Gasteiger partial charge is 0.411 e. The highest BCUT2D eigenvalue weighted by atomic mass is 16.6. The SMILES string of the molecule is COCCOc1cccc(-c2nc3ncc(NC(=O)OC(C)C)cc3[nH]2)c1. The van der Waals surface area contributed by atoms with Gasteiger partial charge in [-0.1, -0.05) is 12.1 Å².